The molecule has 0 fully saturated rings. The summed E-state index contributed by atoms with van der Waals surface area (Å²) in [6.45, 7) is 1.75. The molecule has 2 N–H and O–H groups in total. The molecule has 0 spiro atoms. The third-order valence-electron chi connectivity index (χ3n) is 2.52. The number of benzene rings is 1. The highest BCUT2D eigenvalue weighted by atomic mass is 16.4. The minimum Gasteiger partial charge on any atom is -0.476 e. The molecule has 0 saturated heterocycles. The number of carboxylic acids is 1. The second-order valence-corrected chi connectivity index (χ2v) is 3.74. The number of aromatic amines is 1. The summed E-state index contributed by atoms with van der Waals surface area (Å²) in [6.07, 6.45) is 0. The summed E-state index contributed by atoms with van der Waals surface area (Å²) in [6, 6.07) is 5.17. The van der Waals surface area contributed by atoms with Crippen molar-refractivity contribution in [3.8, 4) is 11.3 Å². The van der Waals surface area contributed by atoms with Crippen LogP contribution < -0.4 is 0 Å². The van der Waals surface area contributed by atoms with Crippen LogP contribution in [0.2, 0.25) is 0 Å². The zero-order valence-corrected chi connectivity index (χ0v) is 9.34. The van der Waals surface area contributed by atoms with Gasteiger partial charge in [0.05, 0.1) is 0 Å². The van der Waals surface area contributed by atoms with Crippen LogP contribution in [0.4, 0.5) is 0 Å². The van der Waals surface area contributed by atoms with Crippen LogP contribution in [-0.4, -0.2) is 31.5 Å². The highest BCUT2D eigenvalue weighted by Gasteiger charge is 2.17. The van der Waals surface area contributed by atoms with Crippen molar-refractivity contribution in [3.63, 3.8) is 0 Å². The van der Waals surface area contributed by atoms with Gasteiger partial charge in [-0.1, -0.05) is 0 Å². The number of rotatable bonds is 2. The van der Waals surface area contributed by atoms with Crippen molar-refractivity contribution in [2.45, 2.75) is 6.92 Å². The summed E-state index contributed by atoms with van der Waals surface area (Å²) in [7, 11) is 0. The maximum Gasteiger partial charge on any atom is 0.358 e. The maximum absolute atomic E-state index is 11.0. The number of oxazole rings is 1. The molecule has 1 aromatic carbocycles. The van der Waals surface area contributed by atoms with Crippen LogP contribution >= 0.6 is 0 Å². The third kappa shape index (κ3) is 1.53. The molecule has 18 heavy (non-hydrogen) atoms. The number of nitrogens with zero attached hydrogens (tertiary/aromatic N) is 3. The fourth-order valence-electron chi connectivity index (χ4n) is 1.77. The van der Waals surface area contributed by atoms with E-state index in [1.807, 2.05) is 0 Å². The molecule has 7 nitrogen and oxygen atoms in total. The summed E-state index contributed by atoms with van der Waals surface area (Å²) in [5.74, 6) is -0.573. The van der Waals surface area contributed by atoms with Crippen LogP contribution in [0, 0.1) is 6.92 Å². The molecule has 90 valence electrons. The number of carboxylic acid groups (broad SMARTS) is 1. The van der Waals surface area contributed by atoms with Gasteiger partial charge in [-0.3, -0.25) is 0 Å². The lowest BCUT2D eigenvalue weighted by atomic mass is 10.1. The quantitative estimate of drug-likeness (QED) is 0.709. The van der Waals surface area contributed by atoms with Gasteiger partial charge in [-0.05, 0) is 18.2 Å². The van der Waals surface area contributed by atoms with Gasteiger partial charge in [0.25, 0.3) is 0 Å². The number of aromatic carboxylic acids is 1. The molecular weight excluding hydrogens is 236 g/mol. The Labute approximate surface area is 100 Å². The number of hydrogen-bond acceptors (Lipinski definition) is 5. The molecule has 0 atom stereocenters. The largest absolute Gasteiger partial charge is 0.476 e. The Hall–Kier alpha value is -2.70. The van der Waals surface area contributed by atoms with Crippen LogP contribution in [0.3, 0.4) is 0 Å². The van der Waals surface area contributed by atoms with Crippen LogP contribution in [0.1, 0.15) is 16.4 Å². The van der Waals surface area contributed by atoms with E-state index in [4.69, 9.17) is 9.52 Å². The van der Waals surface area contributed by atoms with Gasteiger partial charge in [-0.2, -0.15) is 10.3 Å². The summed E-state index contributed by atoms with van der Waals surface area (Å²) in [5, 5.41) is 18.7. The fourth-order valence-corrected chi connectivity index (χ4v) is 1.77. The molecule has 7 heteroatoms. The average Bonchev–Trinajstić information content (AvgIpc) is 2.91. The first kappa shape index (κ1) is 10.5. The molecule has 3 rings (SSSR count). The van der Waals surface area contributed by atoms with Crippen LogP contribution in [0.15, 0.2) is 22.6 Å². The number of H-pyrrole nitrogens is 1. The van der Waals surface area contributed by atoms with E-state index >= 15 is 0 Å². The average molecular weight is 244 g/mol. The Balaban J connectivity index is 2.18. The molecule has 2 aromatic heterocycles. The van der Waals surface area contributed by atoms with Crippen molar-refractivity contribution in [3.05, 3.63) is 29.8 Å². The molecule has 0 radical (unpaired) electrons. The Bertz CT molecular complexity index is 744. The monoisotopic (exact) mass is 244 g/mol. The fraction of sp³-hybridized carbons (Fsp3) is 0.0909. The molecule has 0 aliphatic rings. The molecule has 3 aromatic rings. The predicted molar refractivity (Wildman–Crippen MR) is 61.1 cm³/mol. The number of aromatic nitrogens is 4. The van der Waals surface area contributed by atoms with E-state index in [2.05, 4.69) is 20.4 Å². The molecular formula is C11H8N4O3. The van der Waals surface area contributed by atoms with Crippen LogP contribution in [-0.2, 0) is 0 Å². The van der Waals surface area contributed by atoms with Crippen molar-refractivity contribution in [2.75, 3.05) is 0 Å². The standard InChI is InChI=1S/C11H8N4O3/c1-5-12-7-4-6(2-3-8(7)18-5)9-10(11(16)17)14-15-13-9/h2-4H,1H3,(H,16,17)(H,13,14,15). The Morgan fingerprint density at radius 2 is 2.22 bits per heavy atom. The first-order valence-electron chi connectivity index (χ1n) is 5.17. The second-order valence-electron chi connectivity index (χ2n) is 3.74. The zero-order valence-electron chi connectivity index (χ0n) is 9.34. The number of aryl methyl sites for hydroxylation is 1. The van der Waals surface area contributed by atoms with E-state index in [0.29, 0.717) is 22.6 Å². The Kier molecular flexibility index (Phi) is 2.12. The molecule has 0 aliphatic heterocycles. The highest BCUT2D eigenvalue weighted by Crippen LogP contribution is 2.24. The molecule has 0 bridgehead atoms. The van der Waals surface area contributed by atoms with Crippen molar-refractivity contribution in [2.24, 2.45) is 0 Å². The van der Waals surface area contributed by atoms with E-state index in [1.165, 1.54) is 0 Å². The molecule has 0 aliphatic carbocycles. The van der Waals surface area contributed by atoms with E-state index in [-0.39, 0.29) is 11.4 Å². The van der Waals surface area contributed by atoms with Gasteiger partial charge in [-0.15, -0.1) is 5.10 Å². The van der Waals surface area contributed by atoms with Gasteiger partial charge < -0.3 is 9.52 Å². The lowest BCUT2D eigenvalue weighted by Crippen LogP contribution is -1.99. The first-order valence-corrected chi connectivity index (χ1v) is 5.17. The minimum atomic E-state index is -1.13. The van der Waals surface area contributed by atoms with Crippen molar-refractivity contribution in [1.29, 1.82) is 0 Å². The topological polar surface area (TPSA) is 105 Å². The van der Waals surface area contributed by atoms with Crippen LogP contribution in [0.25, 0.3) is 22.4 Å². The Morgan fingerprint density at radius 3 is 3.00 bits per heavy atom. The molecule has 2 heterocycles. The molecule has 0 saturated carbocycles. The lowest BCUT2D eigenvalue weighted by molar-refractivity contribution is 0.0691. The predicted octanol–water partition coefficient (Wildman–Crippen LogP) is 1.62. The summed E-state index contributed by atoms with van der Waals surface area (Å²) in [4.78, 5) is 15.2. The smallest absolute Gasteiger partial charge is 0.358 e. The lowest BCUT2D eigenvalue weighted by Gasteiger charge is -1.96. The maximum atomic E-state index is 11.0. The van der Waals surface area contributed by atoms with E-state index in [9.17, 15) is 4.79 Å². The second kappa shape index (κ2) is 3.66. The van der Waals surface area contributed by atoms with E-state index in [1.54, 1.807) is 25.1 Å². The summed E-state index contributed by atoms with van der Waals surface area (Å²) in [5.41, 5.74) is 2.10. The van der Waals surface area contributed by atoms with Gasteiger partial charge in [-0.25, -0.2) is 9.78 Å². The van der Waals surface area contributed by atoms with E-state index in [0.717, 1.165) is 0 Å². The molecule has 0 unspecified atom stereocenters. The highest BCUT2D eigenvalue weighted by molar-refractivity contribution is 5.93. The van der Waals surface area contributed by atoms with Gasteiger partial charge in [0.1, 0.15) is 11.2 Å². The zero-order chi connectivity index (χ0) is 12.7. The van der Waals surface area contributed by atoms with E-state index < -0.39 is 5.97 Å². The summed E-state index contributed by atoms with van der Waals surface area (Å²) >= 11 is 0. The van der Waals surface area contributed by atoms with Crippen LogP contribution in [0.5, 0.6) is 0 Å². The number of carbonyl (C=O) groups is 1. The van der Waals surface area contributed by atoms with Gasteiger partial charge in [0, 0.05) is 12.5 Å². The number of hydrogen-bond donors (Lipinski definition) is 2. The minimum absolute atomic E-state index is 0.116. The van der Waals surface area contributed by atoms with Crippen molar-refractivity contribution >= 4 is 17.1 Å². The van der Waals surface area contributed by atoms with Crippen molar-refractivity contribution in [1.82, 2.24) is 20.4 Å². The third-order valence-corrected chi connectivity index (χ3v) is 2.52. The SMILES string of the molecule is Cc1nc2cc(-c3n[nH]nc3C(=O)O)ccc2o1. The van der Waals surface area contributed by atoms with Gasteiger partial charge in [0.2, 0.25) is 0 Å². The first-order chi connectivity index (χ1) is 8.65. The molecule has 0 amide bonds. The van der Waals surface area contributed by atoms with Gasteiger partial charge in [0.15, 0.2) is 17.2 Å². The number of fused-ring (bicyclic) bond motifs is 1. The van der Waals surface area contributed by atoms with Gasteiger partial charge >= 0.3 is 5.97 Å². The normalized spacial score (nSPS) is 10.9. The van der Waals surface area contributed by atoms with Crippen molar-refractivity contribution < 1.29 is 14.3 Å². The summed E-state index contributed by atoms with van der Waals surface area (Å²) < 4.78 is 5.35. The Morgan fingerprint density at radius 1 is 1.39 bits per heavy atom. The number of nitrogens with one attached hydrogen (secondary N) is 1.